The number of ether oxygens (including phenoxy) is 1. The molecule has 1 atom stereocenters. The van der Waals surface area contributed by atoms with Crippen molar-refractivity contribution in [2.75, 3.05) is 19.8 Å². The zero-order valence-electron chi connectivity index (χ0n) is 11.9. The molecule has 1 N–H and O–H groups in total. The van der Waals surface area contributed by atoms with Gasteiger partial charge in [0, 0.05) is 31.4 Å². The molecule has 1 fully saturated rings. The molecule has 0 heterocycles. The third-order valence-electron chi connectivity index (χ3n) is 3.55. The van der Waals surface area contributed by atoms with Gasteiger partial charge in [0.05, 0.1) is 4.92 Å². The Bertz CT molecular complexity index is 446. The lowest BCUT2D eigenvalue weighted by molar-refractivity contribution is -0.384. The number of rotatable bonds is 9. The second-order valence-electron chi connectivity index (χ2n) is 5.40. The fourth-order valence-corrected chi connectivity index (χ4v) is 2.05. The summed E-state index contributed by atoms with van der Waals surface area (Å²) in [6, 6.07) is 6.89. The number of nitrogens with zero attached hydrogens (tertiary/aromatic N) is 1. The van der Waals surface area contributed by atoms with Crippen molar-refractivity contribution in [2.24, 2.45) is 5.92 Å². The van der Waals surface area contributed by atoms with Crippen LogP contribution in [-0.4, -0.2) is 24.7 Å². The summed E-state index contributed by atoms with van der Waals surface area (Å²) in [6.45, 7) is 4.56. The first kappa shape index (κ1) is 14.9. The molecule has 5 heteroatoms. The molecule has 1 aromatic carbocycles. The Morgan fingerprint density at radius 3 is 3.00 bits per heavy atom. The van der Waals surface area contributed by atoms with E-state index in [9.17, 15) is 10.1 Å². The van der Waals surface area contributed by atoms with Crippen LogP contribution in [-0.2, 0) is 4.74 Å². The molecule has 1 aromatic rings. The summed E-state index contributed by atoms with van der Waals surface area (Å²) in [5.74, 6) is 0.812. The van der Waals surface area contributed by atoms with Gasteiger partial charge in [-0.1, -0.05) is 12.1 Å². The normalized spacial score (nSPS) is 16.1. The molecule has 1 aliphatic carbocycles. The zero-order chi connectivity index (χ0) is 14.4. The summed E-state index contributed by atoms with van der Waals surface area (Å²) in [6.07, 6.45) is 3.61. The average Bonchev–Trinajstić information content (AvgIpc) is 3.26. The van der Waals surface area contributed by atoms with Gasteiger partial charge in [-0.15, -0.1) is 0 Å². The Labute approximate surface area is 119 Å². The van der Waals surface area contributed by atoms with Crippen molar-refractivity contribution >= 4 is 5.69 Å². The maximum atomic E-state index is 10.7. The summed E-state index contributed by atoms with van der Waals surface area (Å²) in [7, 11) is 0. The van der Waals surface area contributed by atoms with E-state index < -0.39 is 0 Å². The zero-order valence-corrected chi connectivity index (χ0v) is 11.9. The topological polar surface area (TPSA) is 64.4 Å². The van der Waals surface area contributed by atoms with Crippen LogP contribution in [0.5, 0.6) is 0 Å². The molecule has 1 unspecified atom stereocenters. The SMILES string of the molecule is CC(NCCCOCC1CC1)c1cccc([N+](=O)[O-])c1. The Morgan fingerprint density at radius 2 is 2.30 bits per heavy atom. The van der Waals surface area contributed by atoms with E-state index in [1.807, 2.05) is 13.0 Å². The van der Waals surface area contributed by atoms with E-state index in [1.165, 1.54) is 18.9 Å². The van der Waals surface area contributed by atoms with Crippen molar-refractivity contribution in [2.45, 2.75) is 32.2 Å². The van der Waals surface area contributed by atoms with Crippen molar-refractivity contribution in [1.82, 2.24) is 5.32 Å². The molecule has 2 rings (SSSR count). The van der Waals surface area contributed by atoms with E-state index >= 15 is 0 Å². The Morgan fingerprint density at radius 1 is 1.50 bits per heavy atom. The Balaban J connectivity index is 1.66. The predicted octanol–water partition coefficient (Wildman–Crippen LogP) is 3.06. The van der Waals surface area contributed by atoms with Crippen LogP contribution in [0.2, 0.25) is 0 Å². The summed E-state index contributed by atoms with van der Waals surface area (Å²) in [5, 5.41) is 14.1. The highest BCUT2D eigenvalue weighted by molar-refractivity contribution is 5.35. The molecule has 0 aliphatic heterocycles. The quantitative estimate of drug-likeness (QED) is 0.428. The van der Waals surface area contributed by atoms with Gasteiger partial charge in [0.25, 0.3) is 5.69 Å². The van der Waals surface area contributed by atoms with Gasteiger partial charge < -0.3 is 10.1 Å². The van der Waals surface area contributed by atoms with Crippen molar-refractivity contribution in [3.63, 3.8) is 0 Å². The number of benzene rings is 1. The molecule has 0 saturated heterocycles. The molecule has 0 spiro atoms. The van der Waals surface area contributed by atoms with E-state index in [0.717, 1.165) is 37.7 Å². The Kier molecular flexibility index (Phi) is 5.49. The van der Waals surface area contributed by atoms with Crippen LogP contribution in [0.1, 0.15) is 37.8 Å². The van der Waals surface area contributed by atoms with Crippen LogP contribution in [0.25, 0.3) is 0 Å². The smallest absolute Gasteiger partial charge is 0.269 e. The van der Waals surface area contributed by atoms with E-state index in [1.54, 1.807) is 12.1 Å². The van der Waals surface area contributed by atoms with E-state index in [2.05, 4.69) is 5.32 Å². The van der Waals surface area contributed by atoms with Crippen molar-refractivity contribution in [3.8, 4) is 0 Å². The number of hydrogen-bond donors (Lipinski definition) is 1. The highest BCUT2D eigenvalue weighted by atomic mass is 16.6. The van der Waals surface area contributed by atoms with Gasteiger partial charge in [0.15, 0.2) is 0 Å². The van der Waals surface area contributed by atoms with Crippen LogP contribution < -0.4 is 5.32 Å². The summed E-state index contributed by atoms with van der Waals surface area (Å²) in [5.41, 5.74) is 1.09. The number of nitro groups is 1. The number of hydrogen-bond acceptors (Lipinski definition) is 4. The molecule has 0 radical (unpaired) electrons. The van der Waals surface area contributed by atoms with Crippen molar-refractivity contribution in [1.29, 1.82) is 0 Å². The fraction of sp³-hybridized carbons (Fsp3) is 0.600. The first-order chi connectivity index (χ1) is 9.66. The molecule has 110 valence electrons. The van der Waals surface area contributed by atoms with E-state index in [0.29, 0.717) is 0 Å². The minimum atomic E-state index is -0.359. The molecule has 0 aromatic heterocycles. The Hall–Kier alpha value is -1.46. The second-order valence-corrected chi connectivity index (χ2v) is 5.40. The third-order valence-corrected chi connectivity index (χ3v) is 3.55. The van der Waals surface area contributed by atoms with Crippen LogP contribution in [0, 0.1) is 16.0 Å². The standard InChI is InChI=1S/C15H22N2O3/c1-12(14-4-2-5-15(10-14)17(18)19)16-8-3-9-20-11-13-6-7-13/h2,4-5,10,12-13,16H,3,6-9,11H2,1H3. The van der Waals surface area contributed by atoms with E-state index in [4.69, 9.17) is 4.74 Å². The van der Waals surface area contributed by atoms with Gasteiger partial charge in [0.1, 0.15) is 0 Å². The average molecular weight is 278 g/mol. The van der Waals surface area contributed by atoms with Crippen LogP contribution >= 0.6 is 0 Å². The largest absolute Gasteiger partial charge is 0.381 e. The number of nitrogens with one attached hydrogen (secondary N) is 1. The number of non-ortho nitro benzene ring substituents is 1. The first-order valence-electron chi connectivity index (χ1n) is 7.22. The molecular weight excluding hydrogens is 256 g/mol. The van der Waals surface area contributed by atoms with Gasteiger partial charge in [-0.2, -0.15) is 0 Å². The maximum absolute atomic E-state index is 10.7. The van der Waals surface area contributed by atoms with Gasteiger partial charge in [0.2, 0.25) is 0 Å². The molecule has 0 amide bonds. The molecule has 1 saturated carbocycles. The van der Waals surface area contributed by atoms with Crippen LogP contribution in [0.3, 0.4) is 0 Å². The van der Waals surface area contributed by atoms with Crippen LogP contribution in [0.4, 0.5) is 5.69 Å². The highest BCUT2D eigenvalue weighted by Crippen LogP contribution is 2.28. The van der Waals surface area contributed by atoms with Crippen LogP contribution in [0.15, 0.2) is 24.3 Å². The maximum Gasteiger partial charge on any atom is 0.269 e. The lowest BCUT2D eigenvalue weighted by Gasteiger charge is -2.14. The molecular formula is C15H22N2O3. The molecule has 0 bridgehead atoms. The lowest BCUT2D eigenvalue weighted by Crippen LogP contribution is -2.21. The van der Waals surface area contributed by atoms with Crippen molar-refractivity contribution < 1.29 is 9.66 Å². The minimum absolute atomic E-state index is 0.110. The van der Waals surface area contributed by atoms with Gasteiger partial charge >= 0.3 is 0 Å². The summed E-state index contributed by atoms with van der Waals surface area (Å²) < 4.78 is 5.57. The van der Waals surface area contributed by atoms with Crippen molar-refractivity contribution in [3.05, 3.63) is 39.9 Å². The van der Waals surface area contributed by atoms with Gasteiger partial charge in [-0.3, -0.25) is 10.1 Å². The summed E-state index contributed by atoms with van der Waals surface area (Å²) in [4.78, 5) is 10.4. The number of nitro benzene ring substituents is 1. The van der Waals surface area contributed by atoms with Gasteiger partial charge in [-0.05, 0) is 44.2 Å². The predicted molar refractivity (Wildman–Crippen MR) is 77.7 cm³/mol. The highest BCUT2D eigenvalue weighted by Gasteiger charge is 2.20. The monoisotopic (exact) mass is 278 g/mol. The fourth-order valence-electron chi connectivity index (χ4n) is 2.05. The third kappa shape index (κ3) is 4.90. The minimum Gasteiger partial charge on any atom is -0.381 e. The summed E-state index contributed by atoms with van der Waals surface area (Å²) >= 11 is 0. The first-order valence-corrected chi connectivity index (χ1v) is 7.22. The van der Waals surface area contributed by atoms with Gasteiger partial charge in [-0.25, -0.2) is 0 Å². The second kappa shape index (κ2) is 7.36. The molecule has 1 aliphatic rings. The van der Waals surface area contributed by atoms with E-state index in [-0.39, 0.29) is 16.7 Å². The molecule has 5 nitrogen and oxygen atoms in total. The molecule has 20 heavy (non-hydrogen) atoms. The lowest BCUT2D eigenvalue weighted by atomic mass is 10.1.